The summed E-state index contributed by atoms with van der Waals surface area (Å²) in [5, 5.41) is 3.35. The fourth-order valence-electron chi connectivity index (χ4n) is 3.13. The average molecular weight is 293 g/mol. The van der Waals surface area contributed by atoms with E-state index in [9.17, 15) is 4.79 Å². The standard InChI is InChI=1S/C20H23NO/c1-15(6-5-9-16-7-3-2-4-8-16)17-10-11-18-19(14-17)21-13-12-20(18)22/h2-4,7-8,10-11,14-15,21H,5-6,9,12-13H2,1H3. The highest BCUT2D eigenvalue weighted by molar-refractivity contribution is 6.03. The molecule has 2 aromatic rings. The quantitative estimate of drug-likeness (QED) is 0.857. The molecule has 22 heavy (non-hydrogen) atoms. The number of aryl methyl sites for hydroxylation is 1. The summed E-state index contributed by atoms with van der Waals surface area (Å²) >= 11 is 0. The topological polar surface area (TPSA) is 29.1 Å². The summed E-state index contributed by atoms with van der Waals surface area (Å²) in [6.45, 7) is 3.04. The van der Waals surface area contributed by atoms with E-state index in [-0.39, 0.29) is 5.78 Å². The Kier molecular flexibility index (Phi) is 4.57. The lowest BCUT2D eigenvalue weighted by Gasteiger charge is -2.20. The molecule has 0 aromatic heterocycles. The average Bonchev–Trinajstić information content (AvgIpc) is 2.55. The number of anilines is 1. The van der Waals surface area contributed by atoms with E-state index in [1.54, 1.807) is 0 Å². The van der Waals surface area contributed by atoms with E-state index in [0.717, 1.165) is 24.2 Å². The Morgan fingerprint density at radius 2 is 1.95 bits per heavy atom. The lowest BCUT2D eigenvalue weighted by molar-refractivity contribution is 0.0983. The zero-order valence-electron chi connectivity index (χ0n) is 13.1. The zero-order valence-corrected chi connectivity index (χ0v) is 13.1. The van der Waals surface area contributed by atoms with Crippen molar-refractivity contribution in [3.63, 3.8) is 0 Å². The highest BCUT2D eigenvalue weighted by Crippen LogP contribution is 2.29. The Hall–Kier alpha value is -2.09. The van der Waals surface area contributed by atoms with E-state index in [1.165, 1.54) is 24.0 Å². The van der Waals surface area contributed by atoms with E-state index in [1.807, 2.05) is 6.07 Å². The molecule has 1 unspecified atom stereocenters. The predicted molar refractivity (Wildman–Crippen MR) is 91.7 cm³/mol. The van der Waals surface area contributed by atoms with Crippen LogP contribution in [0.3, 0.4) is 0 Å². The van der Waals surface area contributed by atoms with Gasteiger partial charge in [-0.2, -0.15) is 0 Å². The van der Waals surface area contributed by atoms with Gasteiger partial charge in [0.1, 0.15) is 0 Å². The molecule has 2 nitrogen and oxygen atoms in total. The summed E-state index contributed by atoms with van der Waals surface area (Å²) < 4.78 is 0. The van der Waals surface area contributed by atoms with E-state index in [4.69, 9.17) is 0 Å². The molecule has 2 heteroatoms. The van der Waals surface area contributed by atoms with Crippen LogP contribution in [-0.4, -0.2) is 12.3 Å². The number of fused-ring (bicyclic) bond motifs is 1. The van der Waals surface area contributed by atoms with Crippen LogP contribution in [0, 0.1) is 0 Å². The maximum atomic E-state index is 11.9. The van der Waals surface area contributed by atoms with Gasteiger partial charge >= 0.3 is 0 Å². The number of nitrogens with one attached hydrogen (secondary N) is 1. The summed E-state index contributed by atoms with van der Waals surface area (Å²) in [7, 11) is 0. The highest BCUT2D eigenvalue weighted by atomic mass is 16.1. The molecule has 114 valence electrons. The number of hydrogen-bond donors (Lipinski definition) is 1. The molecule has 0 fully saturated rings. The van der Waals surface area contributed by atoms with Crippen molar-refractivity contribution >= 4 is 11.5 Å². The van der Waals surface area contributed by atoms with Crippen molar-refractivity contribution in [3.8, 4) is 0 Å². The smallest absolute Gasteiger partial charge is 0.166 e. The van der Waals surface area contributed by atoms with Crippen molar-refractivity contribution < 1.29 is 4.79 Å². The minimum absolute atomic E-state index is 0.261. The Morgan fingerprint density at radius 3 is 2.77 bits per heavy atom. The molecule has 3 rings (SSSR count). The van der Waals surface area contributed by atoms with Crippen LogP contribution in [0.2, 0.25) is 0 Å². The van der Waals surface area contributed by atoms with Crippen LogP contribution < -0.4 is 5.32 Å². The van der Waals surface area contributed by atoms with Gasteiger partial charge in [0.25, 0.3) is 0 Å². The molecule has 1 aliphatic heterocycles. The first-order valence-electron chi connectivity index (χ1n) is 8.19. The van der Waals surface area contributed by atoms with Gasteiger partial charge in [-0.15, -0.1) is 0 Å². The number of carbonyl (C=O) groups is 1. The van der Waals surface area contributed by atoms with E-state index in [0.29, 0.717) is 12.3 Å². The highest BCUT2D eigenvalue weighted by Gasteiger charge is 2.17. The van der Waals surface area contributed by atoms with Gasteiger partial charge in [-0.3, -0.25) is 4.79 Å². The number of ketones is 1. The Balaban J connectivity index is 1.60. The Labute approximate surface area is 132 Å². The molecule has 2 aromatic carbocycles. The van der Waals surface area contributed by atoms with Gasteiger partial charge in [-0.25, -0.2) is 0 Å². The van der Waals surface area contributed by atoms with E-state index in [2.05, 4.69) is 54.7 Å². The van der Waals surface area contributed by atoms with Crippen molar-refractivity contribution in [2.45, 2.75) is 38.5 Å². The van der Waals surface area contributed by atoms with Crippen molar-refractivity contribution in [1.82, 2.24) is 0 Å². The lowest BCUT2D eigenvalue weighted by Crippen LogP contribution is -2.18. The van der Waals surface area contributed by atoms with Crippen LogP contribution in [0.1, 0.15) is 53.6 Å². The first-order valence-corrected chi connectivity index (χ1v) is 8.19. The molecule has 0 spiro atoms. The summed E-state index contributed by atoms with van der Waals surface area (Å²) in [5.41, 5.74) is 4.61. The number of rotatable bonds is 5. The lowest BCUT2D eigenvalue weighted by atomic mass is 9.91. The molecule has 0 bridgehead atoms. The molecule has 0 saturated carbocycles. The van der Waals surface area contributed by atoms with Crippen LogP contribution in [0.5, 0.6) is 0 Å². The van der Waals surface area contributed by atoms with Gasteiger partial charge in [-0.05, 0) is 48.4 Å². The first-order chi connectivity index (χ1) is 10.7. The molecule has 0 aliphatic carbocycles. The first kappa shape index (κ1) is 14.8. The van der Waals surface area contributed by atoms with Crippen LogP contribution in [0.25, 0.3) is 0 Å². The Morgan fingerprint density at radius 1 is 1.14 bits per heavy atom. The molecule has 1 aliphatic rings. The predicted octanol–water partition coefficient (Wildman–Crippen LogP) is 4.81. The van der Waals surface area contributed by atoms with E-state index >= 15 is 0 Å². The number of hydrogen-bond acceptors (Lipinski definition) is 2. The van der Waals surface area contributed by atoms with Crippen LogP contribution in [0.15, 0.2) is 48.5 Å². The maximum absolute atomic E-state index is 11.9. The van der Waals surface area contributed by atoms with Gasteiger partial charge in [-0.1, -0.05) is 43.3 Å². The summed E-state index contributed by atoms with van der Waals surface area (Å²) in [6, 6.07) is 16.9. The van der Waals surface area contributed by atoms with Crippen LogP contribution in [-0.2, 0) is 6.42 Å². The summed E-state index contributed by atoms with van der Waals surface area (Å²) in [4.78, 5) is 11.9. The monoisotopic (exact) mass is 293 g/mol. The largest absolute Gasteiger partial charge is 0.384 e. The van der Waals surface area contributed by atoms with Crippen molar-refractivity contribution in [2.75, 3.05) is 11.9 Å². The van der Waals surface area contributed by atoms with Crippen molar-refractivity contribution in [1.29, 1.82) is 0 Å². The third-order valence-corrected chi connectivity index (χ3v) is 4.53. The fraction of sp³-hybridized carbons (Fsp3) is 0.350. The molecule has 0 saturated heterocycles. The van der Waals surface area contributed by atoms with E-state index < -0.39 is 0 Å². The Bertz CT molecular complexity index is 648. The molecule has 1 atom stereocenters. The summed E-state index contributed by atoms with van der Waals surface area (Å²) in [6.07, 6.45) is 4.10. The molecule has 1 heterocycles. The van der Waals surface area contributed by atoms with Crippen molar-refractivity contribution in [3.05, 3.63) is 65.2 Å². The molecular weight excluding hydrogens is 270 g/mol. The third-order valence-electron chi connectivity index (χ3n) is 4.53. The minimum Gasteiger partial charge on any atom is -0.384 e. The minimum atomic E-state index is 0.261. The zero-order chi connectivity index (χ0) is 15.4. The normalized spacial score (nSPS) is 15.0. The third kappa shape index (κ3) is 3.38. The second kappa shape index (κ2) is 6.78. The molecular formula is C20H23NO. The van der Waals surface area contributed by atoms with Gasteiger partial charge in [0.05, 0.1) is 0 Å². The fourth-order valence-corrected chi connectivity index (χ4v) is 3.13. The second-order valence-electron chi connectivity index (χ2n) is 6.18. The number of carbonyl (C=O) groups excluding carboxylic acids is 1. The SMILES string of the molecule is CC(CCCc1ccccc1)c1ccc2c(c1)NCCC2=O. The van der Waals surface area contributed by atoms with Gasteiger partial charge in [0.15, 0.2) is 5.78 Å². The summed E-state index contributed by atoms with van der Waals surface area (Å²) in [5.74, 6) is 0.782. The van der Waals surface area contributed by atoms with Gasteiger partial charge in [0, 0.05) is 24.2 Å². The molecule has 0 radical (unpaired) electrons. The van der Waals surface area contributed by atoms with Gasteiger partial charge < -0.3 is 5.32 Å². The van der Waals surface area contributed by atoms with Crippen molar-refractivity contribution in [2.24, 2.45) is 0 Å². The van der Waals surface area contributed by atoms with Crippen LogP contribution in [0.4, 0.5) is 5.69 Å². The second-order valence-corrected chi connectivity index (χ2v) is 6.18. The van der Waals surface area contributed by atoms with Gasteiger partial charge in [0.2, 0.25) is 0 Å². The van der Waals surface area contributed by atoms with Crippen LogP contribution >= 0.6 is 0 Å². The molecule has 0 amide bonds. The number of Topliss-reactive ketones (excluding diaryl/α,β-unsaturated/α-hetero) is 1. The number of benzene rings is 2. The maximum Gasteiger partial charge on any atom is 0.166 e. The molecule has 1 N–H and O–H groups in total.